The molecule has 3 rings (SSSR count). The van der Waals surface area contributed by atoms with Gasteiger partial charge in [0, 0.05) is 23.2 Å². The van der Waals surface area contributed by atoms with E-state index in [1.54, 1.807) is 26.8 Å². The number of nitrogens with one attached hydrogen (secondary N) is 2. The van der Waals surface area contributed by atoms with E-state index < -0.39 is 14.8 Å². The zero-order valence-electron chi connectivity index (χ0n) is 16.0. The van der Waals surface area contributed by atoms with Gasteiger partial charge in [-0.25, -0.2) is 13.1 Å². The minimum absolute atomic E-state index is 0.00724. The molecule has 0 radical (unpaired) electrons. The third-order valence-corrected chi connectivity index (χ3v) is 7.47. The summed E-state index contributed by atoms with van der Waals surface area (Å²) < 4.78 is 26.7. The van der Waals surface area contributed by atoms with Gasteiger partial charge in [-0.3, -0.25) is 5.10 Å². The minimum Gasteiger partial charge on any atom is -0.282 e. The van der Waals surface area contributed by atoms with Crippen LogP contribution in [-0.2, 0) is 10.0 Å². The molecule has 0 aliphatic heterocycles. The third kappa shape index (κ3) is 4.23. The number of nitriles is 1. The highest BCUT2D eigenvalue weighted by atomic mass is 32.2. The van der Waals surface area contributed by atoms with Crippen LogP contribution in [0.4, 0.5) is 0 Å². The van der Waals surface area contributed by atoms with Gasteiger partial charge in [0.15, 0.2) is 0 Å². The third-order valence-electron chi connectivity index (χ3n) is 5.22. The van der Waals surface area contributed by atoms with Crippen LogP contribution in [0.25, 0.3) is 11.3 Å². The Hall–Kier alpha value is -2.17. The van der Waals surface area contributed by atoms with Crippen LogP contribution in [0.15, 0.2) is 30.3 Å². The lowest BCUT2D eigenvalue weighted by molar-refractivity contribution is 0.367. The fourth-order valence-electron chi connectivity index (χ4n) is 3.41. The van der Waals surface area contributed by atoms with Crippen molar-refractivity contribution in [2.24, 2.45) is 0 Å². The molecule has 2 aromatic rings. The Balaban J connectivity index is 1.66. The van der Waals surface area contributed by atoms with Gasteiger partial charge in [-0.05, 0) is 58.6 Å². The molecule has 7 heteroatoms. The monoisotopic (exact) mass is 386 g/mol. The Kier molecular flexibility index (Phi) is 5.41. The van der Waals surface area contributed by atoms with Crippen molar-refractivity contribution < 1.29 is 8.42 Å². The van der Waals surface area contributed by atoms with Crippen LogP contribution in [0.3, 0.4) is 0 Å². The summed E-state index contributed by atoms with van der Waals surface area (Å²) in [7, 11) is -3.32. The Morgan fingerprint density at radius 1 is 1.19 bits per heavy atom. The fourth-order valence-corrected chi connectivity index (χ4v) is 4.43. The van der Waals surface area contributed by atoms with Crippen molar-refractivity contribution in [3.05, 3.63) is 41.6 Å². The van der Waals surface area contributed by atoms with Crippen molar-refractivity contribution in [3.8, 4) is 17.3 Å². The quantitative estimate of drug-likeness (QED) is 0.837. The summed E-state index contributed by atoms with van der Waals surface area (Å²) in [5.41, 5.74) is 3.26. The number of hydrogen-bond donors (Lipinski definition) is 2. The second kappa shape index (κ2) is 7.45. The molecule has 0 bridgehead atoms. The average Bonchev–Trinajstić information content (AvgIpc) is 3.11. The Morgan fingerprint density at radius 2 is 1.85 bits per heavy atom. The topological polar surface area (TPSA) is 98.6 Å². The smallest absolute Gasteiger partial charge is 0.216 e. The van der Waals surface area contributed by atoms with Gasteiger partial charge in [-0.2, -0.15) is 10.4 Å². The second-order valence-corrected chi connectivity index (χ2v) is 10.6. The molecule has 27 heavy (non-hydrogen) atoms. The van der Waals surface area contributed by atoms with Gasteiger partial charge >= 0.3 is 0 Å². The van der Waals surface area contributed by atoms with Crippen molar-refractivity contribution in [1.82, 2.24) is 14.9 Å². The Bertz CT molecular complexity index is 943. The molecule has 1 heterocycles. The molecular formula is C20H26N4O2S. The first-order chi connectivity index (χ1) is 12.7. The second-order valence-electron chi connectivity index (χ2n) is 8.15. The highest BCUT2D eigenvalue weighted by molar-refractivity contribution is 7.90. The molecule has 6 nitrogen and oxygen atoms in total. The first-order valence-corrected chi connectivity index (χ1v) is 10.8. The average molecular weight is 387 g/mol. The van der Waals surface area contributed by atoms with Gasteiger partial charge in [0.2, 0.25) is 10.0 Å². The van der Waals surface area contributed by atoms with Gasteiger partial charge < -0.3 is 0 Å². The van der Waals surface area contributed by atoms with Crippen LogP contribution in [0.2, 0.25) is 0 Å². The lowest BCUT2D eigenvalue weighted by Crippen LogP contribution is -2.45. The van der Waals surface area contributed by atoms with E-state index in [0.29, 0.717) is 11.5 Å². The number of sulfonamides is 1. The highest BCUT2D eigenvalue weighted by Gasteiger charge is 2.33. The van der Waals surface area contributed by atoms with Crippen molar-refractivity contribution >= 4 is 10.0 Å². The summed E-state index contributed by atoms with van der Waals surface area (Å²) in [5, 5.41) is 16.8. The normalized spacial score (nSPS) is 21.0. The van der Waals surface area contributed by atoms with E-state index >= 15 is 0 Å². The van der Waals surface area contributed by atoms with Crippen LogP contribution in [0, 0.1) is 11.3 Å². The van der Waals surface area contributed by atoms with Gasteiger partial charge in [-0.1, -0.05) is 18.2 Å². The number of aromatic amines is 1. The van der Waals surface area contributed by atoms with Crippen molar-refractivity contribution in [2.45, 2.75) is 63.2 Å². The summed E-state index contributed by atoms with van der Waals surface area (Å²) in [6.07, 6.45) is 3.42. The van der Waals surface area contributed by atoms with Crippen LogP contribution in [0.1, 0.15) is 63.6 Å². The number of H-pyrrole nitrogens is 1. The molecule has 1 aromatic heterocycles. The number of hydrogen-bond acceptors (Lipinski definition) is 4. The largest absolute Gasteiger partial charge is 0.282 e. The number of aromatic nitrogens is 2. The summed E-state index contributed by atoms with van der Waals surface area (Å²) in [4.78, 5) is 0. The summed E-state index contributed by atoms with van der Waals surface area (Å²) in [6.45, 7) is 5.14. The summed E-state index contributed by atoms with van der Waals surface area (Å²) in [5.74, 6) is 0.330. The lowest BCUT2D eigenvalue weighted by Gasteiger charge is -2.30. The zero-order chi connectivity index (χ0) is 19.7. The molecule has 0 unspecified atom stereocenters. The fraction of sp³-hybridized carbons (Fsp3) is 0.500. The molecule has 2 N–H and O–H groups in total. The van der Waals surface area contributed by atoms with E-state index in [1.165, 1.54) is 0 Å². The number of benzene rings is 1. The maximum absolute atomic E-state index is 12.3. The van der Waals surface area contributed by atoms with Crippen molar-refractivity contribution in [1.29, 1.82) is 5.26 Å². The molecule has 1 saturated carbocycles. The minimum atomic E-state index is -3.32. The lowest BCUT2D eigenvalue weighted by atomic mass is 9.84. The molecule has 0 saturated heterocycles. The van der Waals surface area contributed by atoms with E-state index in [-0.39, 0.29) is 6.04 Å². The maximum atomic E-state index is 12.3. The van der Waals surface area contributed by atoms with Gasteiger partial charge in [-0.15, -0.1) is 0 Å². The number of nitrogens with zero attached hydrogens (tertiary/aromatic N) is 2. The highest BCUT2D eigenvalue weighted by Crippen LogP contribution is 2.34. The maximum Gasteiger partial charge on any atom is 0.216 e. The first kappa shape index (κ1) is 19.6. The van der Waals surface area contributed by atoms with E-state index in [4.69, 9.17) is 0 Å². The van der Waals surface area contributed by atoms with Gasteiger partial charge in [0.1, 0.15) is 0 Å². The summed E-state index contributed by atoms with van der Waals surface area (Å²) >= 11 is 0. The van der Waals surface area contributed by atoms with Crippen LogP contribution >= 0.6 is 0 Å². The van der Waals surface area contributed by atoms with E-state index in [1.807, 2.05) is 24.3 Å². The number of rotatable bonds is 4. The van der Waals surface area contributed by atoms with Gasteiger partial charge in [0.05, 0.1) is 22.1 Å². The molecule has 1 aromatic carbocycles. The SMILES string of the molecule is CC(C)(C)S(=O)(=O)NC1CCC(c2cc(-c3ccccc3C#N)n[nH]2)CC1. The molecule has 0 amide bonds. The molecular weight excluding hydrogens is 360 g/mol. The van der Waals surface area contributed by atoms with E-state index in [0.717, 1.165) is 42.6 Å². The molecule has 1 aliphatic rings. The Morgan fingerprint density at radius 3 is 2.48 bits per heavy atom. The zero-order valence-corrected chi connectivity index (χ0v) is 16.8. The summed E-state index contributed by atoms with van der Waals surface area (Å²) in [6, 6.07) is 11.6. The molecule has 1 fully saturated rings. The Labute approximate surface area is 161 Å². The molecule has 1 aliphatic carbocycles. The van der Waals surface area contributed by atoms with E-state index in [2.05, 4.69) is 21.0 Å². The van der Waals surface area contributed by atoms with Crippen molar-refractivity contribution in [3.63, 3.8) is 0 Å². The predicted octanol–water partition coefficient (Wildman–Crippen LogP) is 3.69. The van der Waals surface area contributed by atoms with Gasteiger partial charge in [0.25, 0.3) is 0 Å². The van der Waals surface area contributed by atoms with Crippen LogP contribution < -0.4 is 4.72 Å². The predicted molar refractivity (Wildman–Crippen MR) is 106 cm³/mol. The molecule has 0 spiro atoms. The van der Waals surface area contributed by atoms with Crippen LogP contribution in [-0.4, -0.2) is 29.4 Å². The van der Waals surface area contributed by atoms with Crippen LogP contribution in [0.5, 0.6) is 0 Å². The standard InChI is InChI=1S/C20H26N4O2S/c1-20(2,3)27(25,26)24-16-10-8-14(9-11-16)18-12-19(23-22-18)17-7-5-4-6-15(17)13-21/h4-7,12,14,16,24H,8-11H2,1-3H3,(H,22,23). The van der Waals surface area contributed by atoms with E-state index in [9.17, 15) is 13.7 Å². The first-order valence-electron chi connectivity index (χ1n) is 9.28. The van der Waals surface area contributed by atoms with Crippen molar-refractivity contribution in [2.75, 3.05) is 0 Å². The molecule has 144 valence electrons. The molecule has 0 atom stereocenters.